The van der Waals surface area contributed by atoms with Crippen LogP contribution < -0.4 is 4.72 Å². The van der Waals surface area contributed by atoms with Gasteiger partial charge in [-0.05, 0) is 42.5 Å². The molecule has 0 amide bonds. The molecule has 1 atom stereocenters. The largest absolute Gasteiger partial charge is 0.250 e. The van der Waals surface area contributed by atoms with Crippen LogP contribution in [0.2, 0.25) is 4.34 Å². The predicted molar refractivity (Wildman–Crippen MR) is 81.8 cm³/mol. The van der Waals surface area contributed by atoms with Gasteiger partial charge >= 0.3 is 0 Å². The minimum Gasteiger partial charge on any atom is -0.206 e. The Labute approximate surface area is 127 Å². The molecule has 1 heterocycles. The number of fused-ring (bicyclic) bond motifs is 1. The Kier molecular flexibility index (Phi) is 3.86. The fourth-order valence-corrected chi connectivity index (χ4v) is 5.31. The van der Waals surface area contributed by atoms with Gasteiger partial charge in [0.25, 0.3) is 10.0 Å². The summed E-state index contributed by atoms with van der Waals surface area (Å²) in [5.74, 6) is 0. The Balaban J connectivity index is 1.89. The third kappa shape index (κ3) is 2.76. The smallest absolute Gasteiger partial charge is 0.206 e. The van der Waals surface area contributed by atoms with Crippen molar-refractivity contribution in [1.82, 2.24) is 4.72 Å². The molecule has 0 aliphatic heterocycles. The van der Waals surface area contributed by atoms with E-state index < -0.39 is 10.0 Å². The summed E-state index contributed by atoms with van der Waals surface area (Å²) in [6, 6.07) is 11.0. The molecule has 2 aromatic rings. The predicted octanol–water partition coefficient (Wildman–Crippen LogP) is 3.76. The number of halogens is 1. The van der Waals surface area contributed by atoms with Gasteiger partial charge in [-0.1, -0.05) is 35.9 Å². The summed E-state index contributed by atoms with van der Waals surface area (Å²) < 4.78 is 28.3. The van der Waals surface area contributed by atoms with Gasteiger partial charge in [0, 0.05) is 6.04 Å². The highest BCUT2D eigenvalue weighted by Crippen LogP contribution is 2.32. The van der Waals surface area contributed by atoms with Crippen LogP contribution in [0.1, 0.15) is 30.0 Å². The Bertz CT molecular complexity index is 724. The Morgan fingerprint density at radius 2 is 2.00 bits per heavy atom. The zero-order valence-corrected chi connectivity index (χ0v) is 13.1. The van der Waals surface area contributed by atoms with Crippen LogP contribution in [-0.4, -0.2) is 8.42 Å². The van der Waals surface area contributed by atoms with Crippen molar-refractivity contribution >= 4 is 33.0 Å². The zero-order chi connectivity index (χ0) is 14.2. The molecule has 3 nitrogen and oxygen atoms in total. The third-order valence-corrected chi connectivity index (χ3v) is 6.67. The van der Waals surface area contributed by atoms with Crippen molar-refractivity contribution in [2.45, 2.75) is 29.5 Å². The summed E-state index contributed by atoms with van der Waals surface area (Å²) in [5, 5.41) is 0. The van der Waals surface area contributed by atoms with Gasteiger partial charge in [-0.25, -0.2) is 13.1 Å². The molecule has 1 aromatic heterocycles. The average Bonchev–Trinajstić information content (AvgIpc) is 2.86. The lowest BCUT2D eigenvalue weighted by Gasteiger charge is -2.25. The molecule has 3 rings (SSSR count). The maximum atomic E-state index is 12.4. The molecule has 0 saturated carbocycles. The molecule has 6 heteroatoms. The molecular formula is C14H14ClNO2S2. The van der Waals surface area contributed by atoms with Crippen LogP contribution >= 0.6 is 22.9 Å². The second-order valence-corrected chi connectivity index (χ2v) is 8.48. The van der Waals surface area contributed by atoms with Gasteiger partial charge in [-0.3, -0.25) is 0 Å². The van der Waals surface area contributed by atoms with Crippen molar-refractivity contribution in [1.29, 1.82) is 0 Å². The van der Waals surface area contributed by atoms with Gasteiger partial charge in [0.05, 0.1) is 4.34 Å². The van der Waals surface area contributed by atoms with Crippen LogP contribution in [0, 0.1) is 0 Å². The van der Waals surface area contributed by atoms with Crippen LogP contribution in [0.15, 0.2) is 40.6 Å². The van der Waals surface area contributed by atoms with E-state index in [0.29, 0.717) is 4.34 Å². The summed E-state index contributed by atoms with van der Waals surface area (Å²) in [4.78, 5) is 0. The lowest BCUT2D eigenvalue weighted by atomic mass is 9.88. The summed E-state index contributed by atoms with van der Waals surface area (Å²) in [6.07, 6.45) is 2.84. The molecular weight excluding hydrogens is 314 g/mol. The number of hydrogen-bond acceptors (Lipinski definition) is 3. The Hall–Kier alpha value is -0.880. The highest BCUT2D eigenvalue weighted by atomic mass is 35.5. The number of hydrogen-bond donors (Lipinski definition) is 1. The molecule has 0 unspecified atom stereocenters. The molecule has 0 spiro atoms. The van der Waals surface area contributed by atoms with E-state index >= 15 is 0 Å². The number of thiophene rings is 1. The number of aryl methyl sites for hydroxylation is 1. The first-order valence-corrected chi connectivity index (χ1v) is 9.09. The Morgan fingerprint density at radius 3 is 2.75 bits per heavy atom. The summed E-state index contributed by atoms with van der Waals surface area (Å²) >= 11 is 6.90. The van der Waals surface area contributed by atoms with E-state index in [1.165, 1.54) is 5.56 Å². The molecule has 0 fully saturated rings. The first-order valence-electron chi connectivity index (χ1n) is 6.42. The van der Waals surface area contributed by atoms with Gasteiger partial charge in [0.2, 0.25) is 0 Å². The molecule has 20 heavy (non-hydrogen) atoms. The lowest BCUT2D eigenvalue weighted by molar-refractivity contribution is 0.508. The normalized spacial score (nSPS) is 18.8. The zero-order valence-electron chi connectivity index (χ0n) is 10.7. The Morgan fingerprint density at radius 1 is 1.20 bits per heavy atom. The number of sulfonamides is 1. The molecule has 0 saturated heterocycles. The van der Waals surface area contributed by atoms with Crippen molar-refractivity contribution in [3.05, 3.63) is 51.9 Å². The van der Waals surface area contributed by atoms with Crippen molar-refractivity contribution in [3.63, 3.8) is 0 Å². The maximum Gasteiger partial charge on any atom is 0.250 e. The number of benzene rings is 1. The second-order valence-electron chi connectivity index (χ2n) is 4.82. The van der Waals surface area contributed by atoms with Crippen molar-refractivity contribution < 1.29 is 8.42 Å². The maximum absolute atomic E-state index is 12.4. The number of rotatable bonds is 3. The average molecular weight is 328 g/mol. The first-order chi connectivity index (χ1) is 9.56. The van der Waals surface area contributed by atoms with E-state index in [1.54, 1.807) is 12.1 Å². The summed E-state index contributed by atoms with van der Waals surface area (Å²) in [6.45, 7) is 0. The van der Waals surface area contributed by atoms with Crippen molar-refractivity contribution in [2.75, 3.05) is 0 Å². The minimum absolute atomic E-state index is 0.147. The number of nitrogens with one attached hydrogen (secondary N) is 1. The van der Waals surface area contributed by atoms with Gasteiger partial charge in [-0.2, -0.15) is 0 Å². The van der Waals surface area contributed by atoms with Gasteiger partial charge < -0.3 is 0 Å². The monoisotopic (exact) mass is 327 g/mol. The highest BCUT2D eigenvalue weighted by molar-refractivity contribution is 7.91. The van der Waals surface area contributed by atoms with Gasteiger partial charge in [-0.15, -0.1) is 11.3 Å². The standard InChI is InChI=1S/C14H14ClNO2S2/c15-13-8-9-14(19-13)20(17,18)16-12-7-3-5-10-4-1-2-6-11(10)12/h1-2,4,6,8-9,12,16H,3,5,7H2/t12-/m0/s1. The minimum atomic E-state index is -3.50. The summed E-state index contributed by atoms with van der Waals surface area (Å²) in [5.41, 5.74) is 2.32. The SMILES string of the molecule is O=S(=O)(N[C@H]1CCCc2ccccc21)c1ccc(Cl)s1. The molecule has 1 N–H and O–H groups in total. The van der Waals surface area contributed by atoms with E-state index in [4.69, 9.17) is 11.6 Å². The van der Waals surface area contributed by atoms with E-state index in [0.717, 1.165) is 36.2 Å². The summed E-state index contributed by atoms with van der Waals surface area (Å²) in [7, 11) is -3.50. The molecule has 1 aromatic carbocycles. The van der Waals surface area contributed by atoms with Crippen LogP contribution in [-0.2, 0) is 16.4 Å². The van der Waals surface area contributed by atoms with Crippen LogP contribution in [0.5, 0.6) is 0 Å². The highest BCUT2D eigenvalue weighted by Gasteiger charge is 2.26. The van der Waals surface area contributed by atoms with Crippen LogP contribution in [0.25, 0.3) is 0 Å². The van der Waals surface area contributed by atoms with E-state index in [-0.39, 0.29) is 10.3 Å². The van der Waals surface area contributed by atoms with Crippen molar-refractivity contribution in [3.8, 4) is 0 Å². The van der Waals surface area contributed by atoms with E-state index in [1.807, 2.05) is 18.2 Å². The van der Waals surface area contributed by atoms with Crippen LogP contribution in [0.4, 0.5) is 0 Å². The third-order valence-electron chi connectivity index (χ3n) is 3.48. The van der Waals surface area contributed by atoms with Crippen LogP contribution in [0.3, 0.4) is 0 Å². The van der Waals surface area contributed by atoms with Gasteiger partial charge in [0.15, 0.2) is 0 Å². The quantitative estimate of drug-likeness (QED) is 0.933. The molecule has 1 aliphatic carbocycles. The molecule has 0 bridgehead atoms. The van der Waals surface area contributed by atoms with Gasteiger partial charge in [0.1, 0.15) is 4.21 Å². The molecule has 0 radical (unpaired) electrons. The fourth-order valence-electron chi connectivity index (χ4n) is 2.56. The topological polar surface area (TPSA) is 46.2 Å². The van der Waals surface area contributed by atoms with E-state index in [2.05, 4.69) is 10.8 Å². The second kappa shape index (κ2) is 5.48. The van der Waals surface area contributed by atoms with Crippen molar-refractivity contribution in [2.24, 2.45) is 0 Å². The fraction of sp³-hybridized carbons (Fsp3) is 0.286. The molecule has 106 valence electrons. The first kappa shape index (κ1) is 14.1. The van der Waals surface area contributed by atoms with E-state index in [9.17, 15) is 8.42 Å². The lowest BCUT2D eigenvalue weighted by Crippen LogP contribution is -2.30. The molecule has 1 aliphatic rings.